The lowest BCUT2D eigenvalue weighted by Crippen LogP contribution is -2.60. The van der Waals surface area contributed by atoms with Crippen LogP contribution in [0.4, 0.5) is 0 Å². The van der Waals surface area contributed by atoms with Crippen LogP contribution in [0.2, 0.25) is 0 Å². The number of hydrogen-bond acceptors (Lipinski definition) is 5. The lowest BCUT2D eigenvalue weighted by molar-refractivity contribution is -0.175. The molecular weight excluding hydrogens is 284 g/mol. The summed E-state index contributed by atoms with van der Waals surface area (Å²) in [6, 6.07) is 0. The summed E-state index contributed by atoms with van der Waals surface area (Å²) in [7, 11) is 0. The molecule has 1 saturated carbocycles. The Morgan fingerprint density at radius 2 is 1.77 bits per heavy atom. The van der Waals surface area contributed by atoms with Crippen LogP contribution in [0.5, 0.6) is 0 Å². The minimum Gasteiger partial charge on any atom is -0.458 e. The van der Waals surface area contributed by atoms with E-state index in [1.165, 1.54) is 6.08 Å². The van der Waals surface area contributed by atoms with Crippen LogP contribution in [-0.4, -0.2) is 35.4 Å². The van der Waals surface area contributed by atoms with Crippen molar-refractivity contribution in [1.29, 1.82) is 0 Å². The molecule has 2 saturated heterocycles. The number of carbonyl (C=O) groups is 2. The highest BCUT2D eigenvalue weighted by Gasteiger charge is 2.63. The smallest absolute Gasteiger partial charge is 0.334 e. The number of cyclic esters (lactones) is 1. The molecule has 6 unspecified atom stereocenters. The topological polar surface area (TPSA) is 72.8 Å². The van der Waals surface area contributed by atoms with Crippen molar-refractivity contribution in [3.05, 3.63) is 49.6 Å². The van der Waals surface area contributed by atoms with E-state index in [2.05, 4.69) is 26.3 Å². The van der Waals surface area contributed by atoms with Gasteiger partial charge in [-0.3, -0.25) is 0 Å². The van der Waals surface area contributed by atoms with Crippen LogP contribution in [0, 0.1) is 17.3 Å². The van der Waals surface area contributed by atoms with Crippen molar-refractivity contribution in [1.82, 2.24) is 0 Å². The summed E-state index contributed by atoms with van der Waals surface area (Å²) in [5.41, 5.74) is -0.383. The molecule has 2 aliphatic heterocycles. The molecule has 1 N–H and O–H groups in total. The number of hydrogen-bond donors (Lipinski definition) is 1. The second-order valence-corrected chi connectivity index (χ2v) is 6.07. The average molecular weight is 302 g/mol. The molecule has 3 aliphatic rings. The minimum absolute atomic E-state index is 0.177. The first kappa shape index (κ1) is 14.8. The summed E-state index contributed by atoms with van der Waals surface area (Å²) in [4.78, 5) is 23.8. The van der Waals surface area contributed by atoms with Crippen molar-refractivity contribution in [2.24, 2.45) is 17.3 Å². The van der Waals surface area contributed by atoms with Gasteiger partial charge in [-0.1, -0.05) is 31.9 Å². The fourth-order valence-corrected chi connectivity index (χ4v) is 4.09. The molecule has 3 rings (SSSR count). The van der Waals surface area contributed by atoms with E-state index in [1.54, 1.807) is 6.08 Å². The predicted octanol–water partition coefficient (Wildman–Crippen LogP) is 1.30. The quantitative estimate of drug-likeness (QED) is 0.473. The van der Waals surface area contributed by atoms with Gasteiger partial charge < -0.3 is 14.6 Å². The highest BCUT2D eigenvalue weighted by Crippen LogP contribution is 2.56. The summed E-state index contributed by atoms with van der Waals surface area (Å²) in [6.45, 7) is 15.0. The summed E-state index contributed by atoms with van der Waals surface area (Å²) in [5, 5.41) is 10.8. The van der Waals surface area contributed by atoms with Gasteiger partial charge in [0.2, 0.25) is 0 Å². The second kappa shape index (κ2) is 4.68. The van der Waals surface area contributed by atoms with Gasteiger partial charge in [0.25, 0.3) is 0 Å². The number of carbonyl (C=O) groups excluding carboxylic acids is 2. The van der Waals surface area contributed by atoms with Crippen LogP contribution in [0.3, 0.4) is 0 Å². The fraction of sp³-hybridized carbons (Fsp3) is 0.412. The lowest BCUT2D eigenvalue weighted by atomic mass is 9.55. The van der Waals surface area contributed by atoms with Crippen LogP contribution >= 0.6 is 0 Å². The van der Waals surface area contributed by atoms with Gasteiger partial charge in [0.05, 0.1) is 12.0 Å². The number of aliphatic hydroxyl groups is 1. The number of ether oxygens (including phenoxy) is 2. The average Bonchev–Trinajstić information content (AvgIpc) is 2.77. The molecule has 5 nitrogen and oxygen atoms in total. The molecule has 6 atom stereocenters. The molecule has 0 aromatic rings. The Morgan fingerprint density at radius 3 is 2.36 bits per heavy atom. The molecule has 116 valence electrons. The second-order valence-electron chi connectivity index (χ2n) is 6.07. The highest BCUT2D eigenvalue weighted by atomic mass is 16.6. The summed E-state index contributed by atoms with van der Waals surface area (Å²) < 4.78 is 10.7. The monoisotopic (exact) mass is 302 g/mol. The van der Waals surface area contributed by atoms with Crippen molar-refractivity contribution in [3.8, 4) is 0 Å². The third-order valence-corrected chi connectivity index (χ3v) is 5.16. The maximum Gasteiger partial charge on any atom is 0.334 e. The first-order valence-electron chi connectivity index (χ1n) is 7.11. The highest BCUT2D eigenvalue weighted by molar-refractivity contribution is 5.92. The molecule has 0 amide bonds. The number of rotatable bonds is 2. The van der Waals surface area contributed by atoms with Crippen molar-refractivity contribution in [2.75, 3.05) is 0 Å². The summed E-state index contributed by atoms with van der Waals surface area (Å²) in [5.74, 6) is -2.24. The van der Waals surface area contributed by atoms with Gasteiger partial charge in [-0.15, -0.1) is 6.58 Å². The third kappa shape index (κ3) is 1.63. The molecule has 5 heteroatoms. The standard InChI is InChI=1S/C17H18O5/c1-5-11-17(6-2)7-10-12(8(3)15(19)21-10)14(18)13(17)9(4)16(20)22-11/h5-6,10-14,18H,1-4,7H2. The van der Waals surface area contributed by atoms with Gasteiger partial charge in [-0.2, -0.15) is 0 Å². The van der Waals surface area contributed by atoms with Gasteiger partial charge in [0, 0.05) is 22.5 Å². The molecule has 22 heavy (non-hydrogen) atoms. The molecule has 0 spiro atoms. The zero-order valence-corrected chi connectivity index (χ0v) is 12.2. The molecule has 0 bridgehead atoms. The van der Waals surface area contributed by atoms with E-state index < -0.39 is 47.5 Å². The van der Waals surface area contributed by atoms with E-state index in [9.17, 15) is 14.7 Å². The minimum atomic E-state index is -1.02. The van der Waals surface area contributed by atoms with Gasteiger partial charge >= 0.3 is 11.9 Å². The first-order valence-corrected chi connectivity index (χ1v) is 7.11. The SMILES string of the molecule is C=CC1OC(=O)C(=C)C2C(O)C3C(=C)C(=O)OC3CC12C=C. The molecule has 3 fully saturated rings. The molecule has 1 aliphatic carbocycles. The number of fused-ring (bicyclic) bond motifs is 2. The summed E-state index contributed by atoms with van der Waals surface area (Å²) in [6.07, 6.45) is 1.34. The Hall–Kier alpha value is -2.14. The Morgan fingerprint density at radius 1 is 1.14 bits per heavy atom. The summed E-state index contributed by atoms with van der Waals surface area (Å²) >= 11 is 0. The van der Waals surface area contributed by atoms with Crippen LogP contribution in [-0.2, 0) is 19.1 Å². The van der Waals surface area contributed by atoms with Crippen molar-refractivity contribution >= 4 is 11.9 Å². The van der Waals surface area contributed by atoms with E-state index in [-0.39, 0.29) is 11.1 Å². The van der Waals surface area contributed by atoms with Gasteiger partial charge in [0.15, 0.2) is 0 Å². The van der Waals surface area contributed by atoms with E-state index >= 15 is 0 Å². The largest absolute Gasteiger partial charge is 0.458 e. The van der Waals surface area contributed by atoms with Gasteiger partial charge in [0.1, 0.15) is 12.2 Å². The van der Waals surface area contributed by atoms with Crippen molar-refractivity contribution < 1.29 is 24.2 Å². The Kier molecular flexibility index (Phi) is 3.14. The lowest BCUT2D eigenvalue weighted by Gasteiger charge is -2.53. The van der Waals surface area contributed by atoms with Gasteiger partial charge in [-0.25, -0.2) is 9.59 Å². The number of aliphatic hydroxyl groups excluding tert-OH is 1. The van der Waals surface area contributed by atoms with Crippen LogP contribution < -0.4 is 0 Å². The van der Waals surface area contributed by atoms with E-state index in [0.717, 1.165) is 0 Å². The van der Waals surface area contributed by atoms with Crippen molar-refractivity contribution in [2.45, 2.75) is 24.7 Å². The van der Waals surface area contributed by atoms with Crippen LogP contribution in [0.1, 0.15) is 6.42 Å². The van der Waals surface area contributed by atoms with Crippen LogP contribution in [0.15, 0.2) is 49.6 Å². The zero-order chi connectivity index (χ0) is 16.2. The van der Waals surface area contributed by atoms with Crippen LogP contribution in [0.25, 0.3) is 0 Å². The Bertz CT molecular complexity index is 619. The number of esters is 2. The van der Waals surface area contributed by atoms with E-state index in [1.807, 2.05) is 0 Å². The van der Waals surface area contributed by atoms with Crippen molar-refractivity contribution in [3.63, 3.8) is 0 Å². The molecular formula is C17H18O5. The Labute approximate surface area is 128 Å². The maximum atomic E-state index is 12.0. The van der Waals surface area contributed by atoms with Gasteiger partial charge in [-0.05, 0) is 6.42 Å². The van der Waals surface area contributed by atoms with E-state index in [4.69, 9.17) is 9.47 Å². The zero-order valence-electron chi connectivity index (χ0n) is 12.2. The molecule has 0 radical (unpaired) electrons. The molecule has 0 aromatic carbocycles. The molecule has 2 heterocycles. The Balaban J connectivity index is 2.13. The normalized spacial score (nSPS) is 43.8. The van der Waals surface area contributed by atoms with E-state index in [0.29, 0.717) is 6.42 Å². The predicted molar refractivity (Wildman–Crippen MR) is 78.5 cm³/mol. The fourth-order valence-electron chi connectivity index (χ4n) is 4.09. The first-order chi connectivity index (χ1) is 10.4. The third-order valence-electron chi connectivity index (χ3n) is 5.16. The maximum absolute atomic E-state index is 12.0. The molecule has 0 aromatic heterocycles.